The average molecular weight is 341 g/mol. The molecule has 0 bridgehead atoms. The molecular weight excluding hydrogens is 322 g/mol. The molecule has 7 nitrogen and oxygen atoms in total. The fourth-order valence-corrected chi connectivity index (χ4v) is 3.32. The Kier molecular flexibility index (Phi) is 4.01. The first-order chi connectivity index (χ1) is 12.1. The SMILES string of the molecule is Cc1ncnc2c1ccn2[C@@H]1O[C@H]([C@@H](O)c2ccccc2)[C@@H](O)[C@H]1O. The van der Waals surface area contributed by atoms with Crippen molar-refractivity contribution in [2.75, 3.05) is 0 Å². The molecule has 0 saturated carbocycles. The van der Waals surface area contributed by atoms with Gasteiger partial charge in [0.2, 0.25) is 0 Å². The van der Waals surface area contributed by atoms with E-state index in [1.807, 2.05) is 19.1 Å². The molecule has 3 aromatic rings. The third-order valence-electron chi connectivity index (χ3n) is 4.71. The number of fused-ring (bicyclic) bond motifs is 1. The number of aromatic nitrogens is 3. The molecule has 25 heavy (non-hydrogen) atoms. The van der Waals surface area contributed by atoms with Gasteiger partial charge in [0.1, 0.15) is 36.4 Å². The topological polar surface area (TPSA) is 101 Å². The predicted molar refractivity (Wildman–Crippen MR) is 89.6 cm³/mol. The van der Waals surface area contributed by atoms with Crippen molar-refractivity contribution in [3.8, 4) is 0 Å². The van der Waals surface area contributed by atoms with E-state index in [1.165, 1.54) is 6.33 Å². The maximum Gasteiger partial charge on any atom is 0.164 e. The molecule has 0 aliphatic carbocycles. The first kappa shape index (κ1) is 16.2. The normalized spacial score (nSPS) is 27.7. The zero-order valence-electron chi connectivity index (χ0n) is 13.6. The maximum atomic E-state index is 10.6. The summed E-state index contributed by atoms with van der Waals surface area (Å²) in [5.41, 5.74) is 2.05. The Morgan fingerprint density at radius 2 is 1.84 bits per heavy atom. The molecule has 0 unspecified atom stereocenters. The lowest BCUT2D eigenvalue weighted by molar-refractivity contribution is -0.0848. The molecule has 7 heteroatoms. The zero-order chi connectivity index (χ0) is 17.6. The molecule has 3 heterocycles. The van der Waals surface area contributed by atoms with Crippen molar-refractivity contribution < 1.29 is 20.1 Å². The van der Waals surface area contributed by atoms with Gasteiger partial charge >= 0.3 is 0 Å². The highest BCUT2D eigenvalue weighted by molar-refractivity contribution is 5.78. The van der Waals surface area contributed by atoms with E-state index in [2.05, 4.69) is 9.97 Å². The van der Waals surface area contributed by atoms with Crippen molar-refractivity contribution in [1.82, 2.24) is 14.5 Å². The first-order valence-corrected chi connectivity index (χ1v) is 8.10. The lowest BCUT2D eigenvalue weighted by Crippen LogP contribution is -2.34. The summed E-state index contributed by atoms with van der Waals surface area (Å²) >= 11 is 0. The molecular formula is C18H19N3O4. The molecule has 1 aliphatic rings. The summed E-state index contributed by atoms with van der Waals surface area (Å²) in [6.45, 7) is 1.87. The minimum absolute atomic E-state index is 0.610. The van der Waals surface area contributed by atoms with Gasteiger partial charge in [-0.1, -0.05) is 30.3 Å². The Labute approximate surface area is 144 Å². The number of hydrogen-bond donors (Lipinski definition) is 3. The second-order valence-corrected chi connectivity index (χ2v) is 6.25. The van der Waals surface area contributed by atoms with Gasteiger partial charge in [-0.3, -0.25) is 0 Å². The van der Waals surface area contributed by atoms with Gasteiger partial charge in [-0.15, -0.1) is 0 Å². The largest absolute Gasteiger partial charge is 0.387 e. The van der Waals surface area contributed by atoms with E-state index in [1.54, 1.807) is 35.0 Å². The molecule has 3 N–H and O–H groups in total. The number of hydrogen-bond acceptors (Lipinski definition) is 6. The summed E-state index contributed by atoms with van der Waals surface area (Å²) in [6, 6.07) is 10.8. The number of benzene rings is 1. The number of nitrogens with zero attached hydrogens (tertiary/aromatic N) is 3. The number of ether oxygens (including phenoxy) is 1. The summed E-state index contributed by atoms with van der Waals surface area (Å²) < 4.78 is 7.51. The van der Waals surface area contributed by atoms with E-state index in [0.29, 0.717) is 11.2 Å². The monoisotopic (exact) mass is 341 g/mol. The van der Waals surface area contributed by atoms with Crippen molar-refractivity contribution >= 4 is 11.0 Å². The predicted octanol–water partition coefficient (Wildman–Crippen LogP) is 1.09. The van der Waals surface area contributed by atoms with Crippen molar-refractivity contribution in [3.05, 3.63) is 60.2 Å². The van der Waals surface area contributed by atoms with Crippen LogP contribution in [0.3, 0.4) is 0 Å². The van der Waals surface area contributed by atoms with Crippen LogP contribution < -0.4 is 0 Å². The van der Waals surface area contributed by atoms with Crippen LogP contribution in [0.15, 0.2) is 48.9 Å². The fourth-order valence-electron chi connectivity index (χ4n) is 3.32. The Morgan fingerprint density at radius 3 is 2.60 bits per heavy atom. The van der Waals surface area contributed by atoms with Crippen molar-refractivity contribution in [2.45, 2.75) is 37.6 Å². The third-order valence-corrected chi connectivity index (χ3v) is 4.71. The molecule has 0 radical (unpaired) electrons. The van der Waals surface area contributed by atoms with Crippen LogP contribution in [-0.4, -0.2) is 48.2 Å². The zero-order valence-corrected chi connectivity index (χ0v) is 13.6. The fraction of sp³-hybridized carbons (Fsp3) is 0.333. The molecule has 1 aromatic carbocycles. The summed E-state index contributed by atoms with van der Waals surface area (Å²) in [5, 5.41) is 32.3. The lowest BCUT2D eigenvalue weighted by atomic mass is 9.99. The molecule has 5 atom stereocenters. The molecule has 2 aromatic heterocycles. The van der Waals surface area contributed by atoms with Crippen LogP contribution >= 0.6 is 0 Å². The van der Waals surface area contributed by atoms with Crippen molar-refractivity contribution in [1.29, 1.82) is 0 Å². The Morgan fingerprint density at radius 1 is 1.08 bits per heavy atom. The van der Waals surface area contributed by atoms with Gasteiger partial charge in [0, 0.05) is 11.6 Å². The minimum atomic E-state index is -1.22. The van der Waals surface area contributed by atoms with Crippen LogP contribution in [0.5, 0.6) is 0 Å². The van der Waals surface area contributed by atoms with Crippen LogP contribution in [0.4, 0.5) is 0 Å². The smallest absolute Gasteiger partial charge is 0.164 e. The van der Waals surface area contributed by atoms with E-state index in [9.17, 15) is 15.3 Å². The van der Waals surface area contributed by atoms with Crippen LogP contribution in [0.2, 0.25) is 0 Å². The standard InChI is InChI=1S/C18H19N3O4/c1-10-12-7-8-21(17(12)20-9-19-10)18-15(24)14(23)16(25-18)13(22)11-5-3-2-4-6-11/h2-9,13-16,18,22-24H,1H3/t13-,14-,15+,16+,18+/m0/s1. The van der Waals surface area contributed by atoms with Gasteiger partial charge in [0.05, 0.1) is 5.69 Å². The van der Waals surface area contributed by atoms with Gasteiger partial charge in [0.15, 0.2) is 6.23 Å². The van der Waals surface area contributed by atoms with Crippen LogP contribution in [0.1, 0.15) is 23.6 Å². The molecule has 1 fully saturated rings. The van der Waals surface area contributed by atoms with E-state index < -0.39 is 30.6 Å². The summed E-state index contributed by atoms with van der Waals surface area (Å²) in [5.74, 6) is 0. The molecule has 0 amide bonds. The quantitative estimate of drug-likeness (QED) is 0.659. The summed E-state index contributed by atoms with van der Waals surface area (Å²) in [6.07, 6.45) is -2.05. The van der Waals surface area contributed by atoms with Gasteiger partial charge in [0.25, 0.3) is 0 Å². The van der Waals surface area contributed by atoms with E-state index in [4.69, 9.17) is 4.74 Å². The highest BCUT2D eigenvalue weighted by atomic mass is 16.6. The van der Waals surface area contributed by atoms with Gasteiger partial charge < -0.3 is 24.6 Å². The van der Waals surface area contributed by atoms with Gasteiger partial charge in [-0.2, -0.15) is 0 Å². The molecule has 1 aliphatic heterocycles. The number of aliphatic hydroxyl groups excluding tert-OH is 3. The van der Waals surface area contributed by atoms with Gasteiger partial charge in [-0.05, 0) is 18.6 Å². The number of aliphatic hydroxyl groups is 3. The minimum Gasteiger partial charge on any atom is -0.387 e. The summed E-state index contributed by atoms with van der Waals surface area (Å²) in [7, 11) is 0. The highest BCUT2D eigenvalue weighted by Gasteiger charge is 2.47. The molecule has 4 rings (SSSR count). The van der Waals surface area contributed by atoms with Crippen LogP contribution in [0.25, 0.3) is 11.0 Å². The summed E-state index contributed by atoms with van der Waals surface area (Å²) in [4.78, 5) is 8.40. The second kappa shape index (κ2) is 6.20. The lowest BCUT2D eigenvalue weighted by Gasteiger charge is -2.21. The van der Waals surface area contributed by atoms with E-state index in [0.717, 1.165) is 11.1 Å². The number of rotatable bonds is 3. The third kappa shape index (κ3) is 2.61. The van der Waals surface area contributed by atoms with E-state index >= 15 is 0 Å². The second-order valence-electron chi connectivity index (χ2n) is 6.25. The Bertz CT molecular complexity index is 882. The van der Waals surface area contributed by atoms with Crippen LogP contribution in [0, 0.1) is 6.92 Å². The Hall–Kier alpha value is -2.32. The van der Waals surface area contributed by atoms with Crippen LogP contribution in [-0.2, 0) is 4.74 Å². The first-order valence-electron chi connectivity index (χ1n) is 8.10. The number of aryl methyl sites for hydroxylation is 1. The van der Waals surface area contributed by atoms with Gasteiger partial charge in [-0.25, -0.2) is 9.97 Å². The molecule has 0 spiro atoms. The maximum absolute atomic E-state index is 10.6. The van der Waals surface area contributed by atoms with Crippen molar-refractivity contribution in [3.63, 3.8) is 0 Å². The van der Waals surface area contributed by atoms with Crippen molar-refractivity contribution in [2.24, 2.45) is 0 Å². The molecule has 1 saturated heterocycles. The van der Waals surface area contributed by atoms with E-state index in [-0.39, 0.29) is 0 Å². The average Bonchev–Trinajstić information content (AvgIpc) is 3.18. The highest BCUT2D eigenvalue weighted by Crippen LogP contribution is 2.37. The Balaban J connectivity index is 1.67. The molecule has 130 valence electrons.